The molecule has 2 aliphatic rings. The summed E-state index contributed by atoms with van der Waals surface area (Å²) in [6.07, 6.45) is 0. The number of aryl methyl sites for hydroxylation is 1. The van der Waals surface area contributed by atoms with Gasteiger partial charge in [0, 0.05) is 50.3 Å². The predicted molar refractivity (Wildman–Crippen MR) is 124 cm³/mol. The lowest BCUT2D eigenvalue weighted by molar-refractivity contribution is -0.118. The van der Waals surface area contributed by atoms with Crippen molar-refractivity contribution in [2.24, 2.45) is 0 Å². The van der Waals surface area contributed by atoms with Crippen molar-refractivity contribution in [2.75, 3.05) is 51.3 Å². The number of fused-ring (bicyclic) bond motifs is 2. The number of aromatic nitrogens is 1. The summed E-state index contributed by atoms with van der Waals surface area (Å²) in [5.74, 6) is 1.55. The maximum absolute atomic E-state index is 11.6. The highest BCUT2D eigenvalue weighted by atomic mass is 16.5. The van der Waals surface area contributed by atoms with Crippen molar-refractivity contribution in [3.8, 4) is 11.5 Å². The number of nitrogens with one attached hydrogen (secondary N) is 1. The van der Waals surface area contributed by atoms with Gasteiger partial charge in [-0.1, -0.05) is 12.1 Å². The summed E-state index contributed by atoms with van der Waals surface area (Å²) < 4.78 is 11.5. The van der Waals surface area contributed by atoms with Crippen LogP contribution in [-0.4, -0.2) is 66.6 Å². The molecule has 7 nitrogen and oxygen atoms in total. The van der Waals surface area contributed by atoms with Gasteiger partial charge in [0.1, 0.15) is 18.1 Å². The van der Waals surface area contributed by atoms with Crippen molar-refractivity contribution >= 4 is 22.5 Å². The first-order valence-corrected chi connectivity index (χ1v) is 11.1. The second-order valence-corrected chi connectivity index (χ2v) is 8.41. The molecule has 1 fully saturated rings. The van der Waals surface area contributed by atoms with Crippen LogP contribution in [0.5, 0.6) is 11.5 Å². The fourth-order valence-electron chi connectivity index (χ4n) is 4.30. The van der Waals surface area contributed by atoms with Crippen LogP contribution in [0.15, 0.2) is 48.5 Å². The number of anilines is 1. The lowest BCUT2D eigenvalue weighted by atomic mass is 10.1. The average Bonchev–Trinajstić information content (AvgIpc) is 2.80. The minimum atomic E-state index is -0.0969. The molecule has 0 unspecified atom stereocenters. The summed E-state index contributed by atoms with van der Waals surface area (Å²) in [6.45, 7) is 8.60. The molecular weight excluding hydrogens is 404 g/mol. The van der Waals surface area contributed by atoms with E-state index in [2.05, 4.69) is 32.2 Å². The summed E-state index contributed by atoms with van der Waals surface area (Å²) >= 11 is 0. The fourth-order valence-corrected chi connectivity index (χ4v) is 4.30. The minimum Gasteiger partial charge on any atom is -0.492 e. The molecule has 0 spiro atoms. The van der Waals surface area contributed by atoms with Gasteiger partial charge in [-0.3, -0.25) is 19.6 Å². The van der Waals surface area contributed by atoms with E-state index in [-0.39, 0.29) is 12.5 Å². The Morgan fingerprint density at radius 3 is 2.78 bits per heavy atom. The molecule has 3 aromatic rings. The largest absolute Gasteiger partial charge is 0.492 e. The van der Waals surface area contributed by atoms with Gasteiger partial charge < -0.3 is 14.8 Å². The maximum atomic E-state index is 11.6. The van der Waals surface area contributed by atoms with E-state index in [9.17, 15) is 4.79 Å². The maximum Gasteiger partial charge on any atom is 0.262 e. The zero-order chi connectivity index (χ0) is 21.9. The van der Waals surface area contributed by atoms with Crippen LogP contribution in [0.1, 0.15) is 11.3 Å². The summed E-state index contributed by atoms with van der Waals surface area (Å²) in [7, 11) is 0. The molecule has 0 saturated carbocycles. The molecule has 2 aliphatic heterocycles. The molecular formula is C25H28N4O3. The summed E-state index contributed by atoms with van der Waals surface area (Å²) in [6, 6.07) is 16.2. The second kappa shape index (κ2) is 9.14. The van der Waals surface area contributed by atoms with Gasteiger partial charge in [0.2, 0.25) is 0 Å². The number of amides is 1. The van der Waals surface area contributed by atoms with E-state index in [1.54, 1.807) is 0 Å². The topological polar surface area (TPSA) is 66.9 Å². The van der Waals surface area contributed by atoms with Crippen molar-refractivity contribution in [3.05, 3.63) is 59.8 Å². The van der Waals surface area contributed by atoms with E-state index in [0.717, 1.165) is 73.1 Å². The van der Waals surface area contributed by atoms with Crippen molar-refractivity contribution in [3.63, 3.8) is 0 Å². The molecule has 0 atom stereocenters. The van der Waals surface area contributed by atoms with Crippen LogP contribution >= 0.6 is 0 Å². The molecule has 32 heavy (non-hydrogen) atoms. The molecule has 2 aromatic carbocycles. The first kappa shape index (κ1) is 20.7. The van der Waals surface area contributed by atoms with Gasteiger partial charge in [0.25, 0.3) is 5.91 Å². The molecule has 0 radical (unpaired) electrons. The van der Waals surface area contributed by atoms with Crippen LogP contribution in [0, 0.1) is 6.92 Å². The Morgan fingerprint density at radius 2 is 1.91 bits per heavy atom. The number of carbonyl (C=O) groups is 1. The number of hydrogen-bond acceptors (Lipinski definition) is 6. The van der Waals surface area contributed by atoms with Gasteiger partial charge in [-0.15, -0.1) is 0 Å². The first-order valence-electron chi connectivity index (χ1n) is 11.1. The zero-order valence-electron chi connectivity index (χ0n) is 18.3. The van der Waals surface area contributed by atoms with E-state index in [1.165, 1.54) is 5.56 Å². The highest BCUT2D eigenvalue weighted by molar-refractivity contribution is 5.95. The van der Waals surface area contributed by atoms with Crippen LogP contribution in [-0.2, 0) is 11.3 Å². The van der Waals surface area contributed by atoms with E-state index in [0.29, 0.717) is 6.61 Å². The third kappa shape index (κ3) is 4.69. The third-order valence-corrected chi connectivity index (χ3v) is 6.04. The molecule has 1 amide bonds. The average molecular weight is 433 g/mol. The van der Waals surface area contributed by atoms with Gasteiger partial charge in [-0.05, 0) is 48.9 Å². The summed E-state index contributed by atoms with van der Waals surface area (Å²) in [4.78, 5) is 21.0. The van der Waals surface area contributed by atoms with E-state index < -0.39 is 0 Å². The second-order valence-electron chi connectivity index (χ2n) is 8.41. The first-order chi connectivity index (χ1) is 15.6. The van der Waals surface area contributed by atoms with E-state index in [4.69, 9.17) is 9.47 Å². The predicted octanol–water partition coefficient (Wildman–Crippen LogP) is 3.07. The minimum absolute atomic E-state index is 0.0923. The normalized spacial score (nSPS) is 17.0. The molecule has 1 N–H and O–H groups in total. The Balaban J connectivity index is 1.10. The monoisotopic (exact) mass is 432 g/mol. The summed E-state index contributed by atoms with van der Waals surface area (Å²) in [5.41, 5.74) is 3.95. The standard InChI is InChI=1S/C25H28N4O3/c1-18-5-7-20-21(26-18)3-2-4-23(20)31-14-13-28-9-11-29(12-10-28)16-19-6-8-24-22(15-19)27-25(30)17-32-24/h2-8,15H,9-14,16-17H2,1H3,(H,27,30). The number of hydrogen-bond donors (Lipinski definition) is 1. The molecule has 0 bridgehead atoms. The van der Waals surface area contributed by atoms with Crippen LogP contribution < -0.4 is 14.8 Å². The highest BCUT2D eigenvalue weighted by Gasteiger charge is 2.19. The zero-order valence-corrected chi connectivity index (χ0v) is 18.3. The Morgan fingerprint density at radius 1 is 1.06 bits per heavy atom. The third-order valence-electron chi connectivity index (χ3n) is 6.04. The Bertz CT molecular complexity index is 1130. The summed E-state index contributed by atoms with van der Waals surface area (Å²) in [5, 5.41) is 3.95. The molecule has 166 valence electrons. The molecule has 3 heterocycles. The fraction of sp³-hybridized carbons (Fsp3) is 0.360. The van der Waals surface area contributed by atoms with Crippen molar-refractivity contribution in [1.82, 2.24) is 14.8 Å². The number of rotatable bonds is 6. The smallest absolute Gasteiger partial charge is 0.262 e. The number of piperazine rings is 1. The van der Waals surface area contributed by atoms with Crippen molar-refractivity contribution in [1.29, 1.82) is 0 Å². The molecule has 0 aliphatic carbocycles. The Kier molecular flexibility index (Phi) is 5.92. The molecule has 1 aromatic heterocycles. The molecule has 7 heteroatoms. The lowest BCUT2D eigenvalue weighted by Crippen LogP contribution is -2.47. The van der Waals surface area contributed by atoms with Gasteiger partial charge in [0.15, 0.2) is 6.61 Å². The quantitative estimate of drug-likeness (QED) is 0.646. The molecule has 5 rings (SSSR count). The van der Waals surface area contributed by atoms with Crippen molar-refractivity contribution in [2.45, 2.75) is 13.5 Å². The lowest BCUT2D eigenvalue weighted by Gasteiger charge is -2.34. The number of carbonyl (C=O) groups excluding carboxylic acids is 1. The Hall–Kier alpha value is -3.16. The van der Waals surface area contributed by atoms with E-state index >= 15 is 0 Å². The van der Waals surface area contributed by atoms with E-state index in [1.807, 2.05) is 43.3 Å². The Labute approximate surface area is 187 Å². The van der Waals surface area contributed by atoms with Crippen LogP contribution in [0.3, 0.4) is 0 Å². The highest BCUT2D eigenvalue weighted by Crippen LogP contribution is 2.29. The number of nitrogens with zero attached hydrogens (tertiary/aromatic N) is 3. The van der Waals surface area contributed by atoms with Crippen LogP contribution in [0.4, 0.5) is 5.69 Å². The van der Waals surface area contributed by atoms with Gasteiger partial charge in [-0.2, -0.15) is 0 Å². The number of ether oxygens (including phenoxy) is 2. The van der Waals surface area contributed by atoms with Gasteiger partial charge in [-0.25, -0.2) is 0 Å². The number of pyridine rings is 1. The number of benzene rings is 2. The van der Waals surface area contributed by atoms with Crippen LogP contribution in [0.25, 0.3) is 10.9 Å². The SMILES string of the molecule is Cc1ccc2c(OCCN3CCN(Cc4ccc5c(c4)NC(=O)CO5)CC3)cccc2n1. The van der Waals surface area contributed by atoms with Gasteiger partial charge in [0.05, 0.1) is 11.2 Å². The molecule has 1 saturated heterocycles. The van der Waals surface area contributed by atoms with Crippen LogP contribution in [0.2, 0.25) is 0 Å². The van der Waals surface area contributed by atoms with Gasteiger partial charge >= 0.3 is 0 Å². The van der Waals surface area contributed by atoms with Crippen molar-refractivity contribution < 1.29 is 14.3 Å².